The fraction of sp³-hybridized carbons (Fsp3) is 0.190. The number of hydrogen-bond donors (Lipinski definition) is 1. The van der Waals surface area contributed by atoms with Gasteiger partial charge in [-0.05, 0) is 35.9 Å². The number of amides is 1. The van der Waals surface area contributed by atoms with Gasteiger partial charge in [0.25, 0.3) is 18.8 Å². The molecule has 0 aliphatic carbocycles. The largest absolute Gasteiger partial charge is 0.454 e. The molecule has 0 unspecified atom stereocenters. The lowest BCUT2D eigenvalue weighted by molar-refractivity contribution is 0.0994. The average molecular weight is 516 g/mol. The first-order chi connectivity index (χ1) is 16.2. The van der Waals surface area contributed by atoms with Gasteiger partial charge in [0.1, 0.15) is 17.1 Å². The molecule has 7 nitrogen and oxygen atoms in total. The van der Waals surface area contributed by atoms with Crippen molar-refractivity contribution < 1.29 is 26.8 Å². The molecule has 0 fully saturated rings. The molecule has 4 aromatic rings. The summed E-state index contributed by atoms with van der Waals surface area (Å²) < 4.78 is 59.6. The monoisotopic (exact) mass is 515 g/mol. The van der Waals surface area contributed by atoms with E-state index in [1.54, 1.807) is 29.1 Å². The Kier molecular flexibility index (Phi) is 6.94. The maximum atomic E-state index is 13.1. The Labute approximate surface area is 199 Å². The summed E-state index contributed by atoms with van der Waals surface area (Å²) in [7, 11) is 0. The zero-order valence-electron chi connectivity index (χ0n) is 17.1. The van der Waals surface area contributed by atoms with Crippen LogP contribution in [0.2, 0.25) is 10.0 Å². The van der Waals surface area contributed by atoms with Crippen molar-refractivity contribution in [3.63, 3.8) is 0 Å². The van der Waals surface area contributed by atoms with Gasteiger partial charge in [0.2, 0.25) is 0 Å². The number of nitrogens with one attached hydrogen (secondary N) is 1. The number of furan rings is 1. The molecule has 1 aromatic carbocycles. The fourth-order valence-electron chi connectivity index (χ4n) is 3.13. The van der Waals surface area contributed by atoms with Crippen LogP contribution < -0.4 is 5.32 Å². The molecule has 0 radical (unpaired) electrons. The van der Waals surface area contributed by atoms with Crippen molar-refractivity contribution in [3.8, 4) is 0 Å². The summed E-state index contributed by atoms with van der Waals surface area (Å²) in [4.78, 5) is 12.5. The number of benzene rings is 1. The highest BCUT2D eigenvalue weighted by Gasteiger charge is 2.22. The summed E-state index contributed by atoms with van der Waals surface area (Å²) >= 11 is 11.9. The van der Waals surface area contributed by atoms with Gasteiger partial charge in [-0.25, -0.2) is 17.6 Å². The Balaban J connectivity index is 1.41. The highest BCUT2D eigenvalue weighted by Crippen LogP contribution is 2.26. The van der Waals surface area contributed by atoms with Crippen LogP contribution in [0.1, 0.15) is 46.1 Å². The second kappa shape index (κ2) is 9.90. The van der Waals surface area contributed by atoms with Crippen LogP contribution in [0.5, 0.6) is 0 Å². The number of halogens is 6. The first kappa shape index (κ1) is 23.8. The summed E-state index contributed by atoms with van der Waals surface area (Å²) in [6.07, 6.45) is -2.97. The third-order valence-corrected chi connectivity index (χ3v) is 5.43. The van der Waals surface area contributed by atoms with Gasteiger partial charge in [0.15, 0.2) is 5.76 Å². The molecule has 34 heavy (non-hydrogen) atoms. The van der Waals surface area contributed by atoms with Crippen molar-refractivity contribution in [2.75, 3.05) is 5.32 Å². The number of aromatic nitrogens is 4. The molecule has 0 saturated heterocycles. The van der Waals surface area contributed by atoms with Crippen LogP contribution in [-0.2, 0) is 13.1 Å². The second-order valence-electron chi connectivity index (χ2n) is 7.15. The van der Waals surface area contributed by atoms with E-state index in [0.29, 0.717) is 28.3 Å². The number of carbonyl (C=O) groups is 1. The third-order valence-electron chi connectivity index (χ3n) is 4.69. The highest BCUT2D eigenvalue weighted by molar-refractivity contribution is 6.42. The van der Waals surface area contributed by atoms with Crippen LogP contribution in [0.25, 0.3) is 0 Å². The molecule has 4 rings (SSSR count). The number of nitrogens with zero attached hydrogens (tertiary/aromatic N) is 4. The highest BCUT2D eigenvalue weighted by atomic mass is 35.5. The molecule has 3 aromatic heterocycles. The number of rotatable bonds is 8. The topological polar surface area (TPSA) is 77.9 Å². The van der Waals surface area contributed by atoms with Crippen LogP contribution in [0, 0.1) is 0 Å². The lowest BCUT2D eigenvalue weighted by Gasteiger charge is -2.05. The van der Waals surface area contributed by atoms with Crippen LogP contribution >= 0.6 is 23.2 Å². The Morgan fingerprint density at radius 3 is 2.53 bits per heavy atom. The molecule has 0 bridgehead atoms. The molecule has 0 atom stereocenters. The van der Waals surface area contributed by atoms with Gasteiger partial charge >= 0.3 is 0 Å². The van der Waals surface area contributed by atoms with Crippen molar-refractivity contribution in [2.45, 2.75) is 25.9 Å². The first-order valence-corrected chi connectivity index (χ1v) is 10.5. The zero-order chi connectivity index (χ0) is 24.4. The number of anilines is 1. The van der Waals surface area contributed by atoms with Crippen molar-refractivity contribution in [1.82, 2.24) is 19.6 Å². The third kappa shape index (κ3) is 5.42. The fourth-order valence-corrected chi connectivity index (χ4v) is 3.45. The van der Waals surface area contributed by atoms with E-state index < -0.39 is 30.1 Å². The van der Waals surface area contributed by atoms with Gasteiger partial charge in [-0.2, -0.15) is 10.2 Å². The Hall–Kier alpha value is -3.31. The Morgan fingerprint density at radius 2 is 1.82 bits per heavy atom. The van der Waals surface area contributed by atoms with Gasteiger partial charge in [0, 0.05) is 6.20 Å². The van der Waals surface area contributed by atoms with E-state index in [1.807, 2.05) is 0 Å². The van der Waals surface area contributed by atoms with Gasteiger partial charge in [0.05, 0.1) is 35.0 Å². The maximum Gasteiger partial charge on any atom is 0.291 e. The number of alkyl halides is 4. The van der Waals surface area contributed by atoms with E-state index in [0.717, 1.165) is 10.2 Å². The van der Waals surface area contributed by atoms with Gasteiger partial charge in [-0.1, -0.05) is 29.3 Å². The minimum absolute atomic E-state index is 0.0891. The average Bonchev–Trinajstić information content (AvgIpc) is 3.51. The molecule has 0 aliphatic rings. The van der Waals surface area contributed by atoms with Crippen LogP contribution in [0.15, 0.2) is 53.2 Å². The molecule has 1 N–H and O–H groups in total. The van der Waals surface area contributed by atoms with Crippen molar-refractivity contribution in [3.05, 3.63) is 87.3 Å². The van der Waals surface area contributed by atoms with Crippen molar-refractivity contribution in [1.29, 1.82) is 0 Å². The normalized spacial score (nSPS) is 11.5. The van der Waals surface area contributed by atoms with E-state index in [4.69, 9.17) is 27.6 Å². The Morgan fingerprint density at radius 1 is 1.03 bits per heavy atom. The summed E-state index contributed by atoms with van der Waals surface area (Å²) in [5, 5.41) is 11.1. The molecule has 0 aliphatic heterocycles. The quantitative estimate of drug-likeness (QED) is 0.283. The van der Waals surface area contributed by atoms with Crippen LogP contribution in [0.4, 0.5) is 23.2 Å². The van der Waals surface area contributed by atoms with Gasteiger partial charge < -0.3 is 9.73 Å². The minimum atomic E-state index is -3.00. The van der Waals surface area contributed by atoms with Crippen LogP contribution in [0.3, 0.4) is 0 Å². The molecule has 3 heterocycles. The van der Waals surface area contributed by atoms with Gasteiger partial charge in [-0.15, -0.1) is 0 Å². The minimum Gasteiger partial charge on any atom is -0.454 e. The predicted octanol–water partition coefficient (Wildman–Crippen LogP) is 6.20. The lowest BCUT2D eigenvalue weighted by Crippen LogP contribution is -2.10. The summed E-state index contributed by atoms with van der Waals surface area (Å²) in [6.45, 7) is 0.0376. The summed E-state index contributed by atoms with van der Waals surface area (Å²) in [6, 6.07) is 8.52. The maximum absolute atomic E-state index is 13.1. The van der Waals surface area contributed by atoms with E-state index in [2.05, 4.69) is 15.5 Å². The number of hydrogen-bond acceptors (Lipinski definition) is 4. The summed E-state index contributed by atoms with van der Waals surface area (Å²) in [5.41, 5.74) is -0.204. The predicted molar refractivity (Wildman–Crippen MR) is 116 cm³/mol. The van der Waals surface area contributed by atoms with E-state index in [9.17, 15) is 22.4 Å². The second-order valence-corrected chi connectivity index (χ2v) is 7.96. The first-order valence-electron chi connectivity index (χ1n) is 9.70. The van der Waals surface area contributed by atoms with E-state index >= 15 is 0 Å². The lowest BCUT2D eigenvalue weighted by atomic mass is 10.2. The van der Waals surface area contributed by atoms with Gasteiger partial charge in [-0.3, -0.25) is 14.2 Å². The molecule has 1 amide bonds. The van der Waals surface area contributed by atoms with E-state index in [-0.39, 0.29) is 18.1 Å². The standard InChI is InChI=1S/C21H15Cl2F4N5O2/c22-14-3-1-11(5-15(14)23)8-31-9-12(7-28-31)29-21(33)18-4-2-13(34-18)10-32-17(20(26)27)6-16(30-32)19(24)25/h1-7,9,19-20H,8,10H2,(H,29,33). The SMILES string of the molecule is O=C(Nc1cnn(Cc2ccc(Cl)c(Cl)c2)c1)c1ccc(Cn2nc(C(F)F)cc2C(F)F)o1. The zero-order valence-corrected chi connectivity index (χ0v) is 18.6. The molecule has 13 heteroatoms. The van der Waals surface area contributed by atoms with E-state index in [1.165, 1.54) is 18.3 Å². The van der Waals surface area contributed by atoms with Crippen LogP contribution in [-0.4, -0.2) is 25.5 Å². The molecule has 0 spiro atoms. The summed E-state index contributed by atoms with van der Waals surface area (Å²) in [5.74, 6) is -0.624. The molecule has 178 valence electrons. The molecule has 0 saturated carbocycles. The van der Waals surface area contributed by atoms with Crippen molar-refractivity contribution in [2.24, 2.45) is 0 Å². The molecular weight excluding hydrogens is 501 g/mol. The molecular formula is C21H15Cl2F4N5O2. The Bertz CT molecular complexity index is 1320. The smallest absolute Gasteiger partial charge is 0.291 e. The number of carbonyl (C=O) groups excluding carboxylic acids is 1. The van der Waals surface area contributed by atoms with Crippen molar-refractivity contribution >= 4 is 34.8 Å².